The molecule has 1 aliphatic heterocycles. The average molecular weight is 355 g/mol. The summed E-state index contributed by atoms with van der Waals surface area (Å²) in [6.07, 6.45) is 4.66. The molecule has 0 bridgehead atoms. The SMILES string of the molecule is CSC(C)(C)CNC(=NCc1nnc(C)n1C)NCC1CCCO1. The molecule has 2 N–H and O–H groups in total. The van der Waals surface area contributed by atoms with Crippen LogP contribution in [0.1, 0.15) is 38.3 Å². The maximum Gasteiger partial charge on any atom is 0.191 e. The number of ether oxygens (including phenoxy) is 1. The van der Waals surface area contributed by atoms with Gasteiger partial charge in [-0.05, 0) is 39.9 Å². The number of hydrogen-bond acceptors (Lipinski definition) is 5. The predicted octanol–water partition coefficient (Wildman–Crippen LogP) is 1.48. The van der Waals surface area contributed by atoms with Gasteiger partial charge in [-0.15, -0.1) is 10.2 Å². The van der Waals surface area contributed by atoms with Gasteiger partial charge >= 0.3 is 0 Å². The molecule has 0 spiro atoms. The predicted molar refractivity (Wildman–Crippen MR) is 99.5 cm³/mol. The normalized spacial score (nSPS) is 18.9. The number of aromatic nitrogens is 3. The van der Waals surface area contributed by atoms with Gasteiger partial charge in [-0.1, -0.05) is 0 Å². The van der Waals surface area contributed by atoms with Crippen molar-refractivity contribution in [2.75, 3.05) is 26.0 Å². The molecule has 1 aromatic rings. The minimum absolute atomic E-state index is 0.147. The number of hydrogen-bond donors (Lipinski definition) is 2. The van der Waals surface area contributed by atoms with E-state index in [-0.39, 0.29) is 10.9 Å². The Kier molecular flexibility index (Phi) is 6.91. The molecule has 1 atom stereocenters. The number of nitrogens with zero attached hydrogens (tertiary/aromatic N) is 4. The minimum atomic E-state index is 0.147. The Balaban J connectivity index is 1.96. The van der Waals surface area contributed by atoms with Gasteiger partial charge in [0.1, 0.15) is 12.4 Å². The van der Waals surface area contributed by atoms with Gasteiger partial charge in [0.2, 0.25) is 0 Å². The molecule has 1 unspecified atom stereocenters. The number of aliphatic imine (C=N–C) groups is 1. The lowest BCUT2D eigenvalue weighted by molar-refractivity contribution is 0.114. The monoisotopic (exact) mass is 354 g/mol. The van der Waals surface area contributed by atoms with E-state index in [0.29, 0.717) is 6.54 Å². The number of thioether (sulfide) groups is 1. The van der Waals surface area contributed by atoms with E-state index in [4.69, 9.17) is 4.74 Å². The van der Waals surface area contributed by atoms with E-state index in [1.165, 1.54) is 0 Å². The van der Waals surface area contributed by atoms with Crippen molar-refractivity contribution in [1.82, 2.24) is 25.4 Å². The molecule has 0 aliphatic carbocycles. The zero-order valence-corrected chi connectivity index (χ0v) is 16.2. The molecule has 1 saturated heterocycles. The van der Waals surface area contributed by atoms with Gasteiger partial charge in [0.25, 0.3) is 0 Å². The Morgan fingerprint density at radius 3 is 2.79 bits per heavy atom. The van der Waals surface area contributed by atoms with E-state index in [2.05, 4.69) is 45.9 Å². The molecule has 24 heavy (non-hydrogen) atoms. The second-order valence-corrected chi connectivity index (χ2v) is 8.23. The van der Waals surface area contributed by atoms with Crippen LogP contribution in [0.2, 0.25) is 0 Å². The third-order valence-corrected chi connectivity index (χ3v) is 5.57. The van der Waals surface area contributed by atoms with Crippen molar-refractivity contribution in [3.05, 3.63) is 11.6 Å². The Morgan fingerprint density at radius 2 is 2.21 bits per heavy atom. The van der Waals surface area contributed by atoms with Crippen LogP contribution >= 0.6 is 11.8 Å². The van der Waals surface area contributed by atoms with E-state index >= 15 is 0 Å². The molecule has 0 aromatic carbocycles. The van der Waals surface area contributed by atoms with Crippen LogP contribution in [0.25, 0.3) is 0 Å². The Bertz CT molecular complexity index is 551. The third kappa shape index (κ3) is 5.66. The Hall–Kier alpha value is -1.28. The molecule has 8 heteroatoms. The highest BCUT2D eigenvalue weighted by molar-refractivity contribution is 7.99. The first-order chi connectivity index (χ1) is 11.4. The topological polar surface area (TPSA) is 76.4 Å². The zero-order chi connectivity index (χ0) is 17.6. The van der Waals surface area contributed by atoms with E-state index in [1.54, 1.807) is 0 Å². The first-order valence-electron chi connectivity index (χ1n) is 8.45. The van der Waals surface area contributed by atoms with Crippen LogP contribution in [-0.4, -0.2) is 57.5 Å². The van der Waals surface area contributed by atoms with Crippen LogP contribution < -0.4 is 10.6 Å². The summed E-state index contributed by atoms with van der Waals surface area (Å²) in [5.41, 5.74) is 0. The fourth-order valence-corrected chi connectivity index (χ4v) is 2.51. The van der Waals surface area contributed by atoms with Gasteiger partial charge < -0.3 is 19.9 Å². The molecule has 1 aliphatic rings. The molecule has 0 radical (unpaired) electrons. The number of rotatable bonds is 7. The second kappa shape index (κ2) is 8.71. The van der Waals surface area contributed by atoms with E-state index in [1.807, 2.05) is 30.3 Å². The quantitative estimate of drug-likeness (QED) is 0.571. The standard InChI is InChI=1S/C16H30N6OS/c1-12-20-21-14(22(12)4)10-18-15(19-11-16(2,3)24-5)17-9-13-7-6-8-23-13/h13H,6-11H2,1-5H3,(H2,17,18,19). The van der Waals surface area contributed by atoms with Crippen molar-refractivity contribution in [2.45, 2.75) is 51.0 Å². The summed E-state index contributed by atoms with van der Waals surface area (Å²) in [5.74, 6) is 2.55. The molecule has 1 fully saturated rings. The highest BCUT2D eigenvalue weighted by atomic mass is 32.2. The summed E-state index contributed by atoms with van der Waals surface area (Å²) in [6.45, 7) is 9.35. The van der Waals surface area contributed by atoms with Crippen molar-refractivity contribution >= 4 is 17.7 Å². The van der Waals surface area contributed by atoms with Gasteiger partial charge in [-0.2, -0.15) is 11.8 Å². The number of nitrogens with one attached hydrogen (secondary N) is 2. The maximum absolute atomic E-state index is 5.68. The molecular weight excluding hydrogens is 324 g/mol. The first-order valence-corrected chi connectivity index (χ1v) is 9.67. The van der Waals surface area contributed by atoms with Crippen molar-refractivity contribution in [1.29, 1.82) is 0 Å². The van der Waals surface area contributed by atoms with Gasteiger partial charge in [-0.25, -0.2) is 4.99 Å². The Morgan fingerprint density at radius 1 is 1.42 bits per heavy atom. The smallest absolute Gasteiger partial charge is 0.191 e. The third-order valence-electron chi connectivity index (χ3n) is 4.32. The van der Waals surface area contributed by atoms with Gasteiger partial charge in [0.05, 0.1) is 6.10 Å². The fraction of sp³-hybridized carbons (Fsp3) is 0.812. The van der Waals surface area contributed by atoms with Crippen LogP contribution in [0.15, 0.2) is 4.99 Å². The molecule has 2 rings (SSSR count). The largest absolute Gasteiger partial charge is 0.376 e. The summed E-state index contributed by atoms with van der Waals surface area (Å²) in [5, 5.41) is 15.1. The van der Waals surface area contributed by atoms with Gasteiger partial charge in [0.15, 0.2) is 11.8 Å². The van der Waals surface area contributed by atoms with Crippen LogP contribution in [0.5, 0.6) is 0 Å². The highest BCUT2D eigenvalue weighted by Crippen LogP contribution is 2.19. The lowest BCUT2D eigenvalue weighted by Crippen LogP contribution is -2.45. The Labute approximate surface area is 149 Å². The van der Waals surface area contributed by atoms with Gasteiger partial charge in [-0.3, -0.25) is 0 Å². The lowest BCUT2D eigenvalue weighted by atomic mass is 10.2. The molecule has 0 amide bonds. The molecular formula is C16H30N6OS. The summed E-state index contributed by atoms with van der Waals surface area (Å²) in [4.78, 5) is 4.67. The van der Waals surface area contributed by atoms with Crippen molar-refractivity contribution in [2.24, 2.45) is 12.0 Å². The molecule has 1 aromatic heterocycles. The highest BCUT2D eigenvalue weighted by Gasteiger charge is 2.18. The van der Waals surface area contributed by atoms with Crippen LogP contribution in [0.4, 0.5) is 0 Å². The number of aryl methyl sites for hydroxylation is 1. The summed E-state index contributed by atoms with van der Waals surface area (Å²) in [7, 11) is 1.96. The summed E-state index contributed by atoms with van der Waals surface area (Å²) in [6, 6.07) is 0. The molecule has 0 saturated carbocycles. The van der Waals surface area contributed by atoms with E-state index in [9.17, 15) is 0 Å². The summed E-state index contributed by atoms with van der Waals surface area (Å²) >= 11 is 1.84. The molecule has 136 valence electrons. The van der Waals surface area contributed by atoms with Crippen LogP contribution in [-0.2, 0) is 18.3 Å². The van der Waals surface area contributed by atoms with Crippen molar-refractivity contribution in [3.63, 3.8) is 0 Å². The average Bonchev–Trinajstić information content (AvgIpc) is 3.19. The minimum Gasteiger partial charge on any atom is -0.376 e. The maximum atomic E-state index is 5.68. The molecule has 2 heterocycles. The fourth-order valence-electron chi connectivity index (χ4n) is 2.30. The first kappa shape index (κ1) is 19.1. The molecule has 7 nitrogen and oxygen atoms in total. The second-order valence-electron chi connectivity index (χ2n) is 6.72. The van der Waals surface area contributed by atoms with Crippen molar-refractivity contribution < 1.29 is 4.74 Å². The van der Waals surface area contributed by atoms with Gasteiger partial charge in [0, 0.05) is 31.5 Å². The van der Waals surface area contributed by atoms with E-state index < -0.39 is 0 Å². The van der Waals surface area contributed by atoms with Crippen LogP contribution in [0, 0.1) is 6.92 Å². The number of guanidine groups is 1. The summed E-state index contributed by atoms with van der Waals surface area (Å²) < 4.78 is 7.79. The van der Waals surface area contributed by atoms with Crippen molar-refractivity contribution in [3.8, 4) is 0 Å². The lowest BCUT2D eigenvalue weighted by Gasteiger charge is -2.24. The zero-order valence-electron chi connectivity index (χ0n) is 15.4. The van der Waals surface area contributed by atoms with E-state index in [0.717, 1.165) is 50.1 Å². The van der Waals surface area contributed by atoms with Crippen LogP contribution in [0.3, 0.4) is 0 Å².